The first-order chi connectivity index (χ1) is 10.3. The van der Waals surface area contributed by atoms with E-state index in [2.05, 4.69) is 9.71 Å². The van der Waals surface area contributed by atoms with E-state index in [1.54, 1.807) is 19.1 Å². The maximum Gasteiger partial charge on any atom is 0.347 e. The van der Waals surface area contributed by atoms with E-state index in [0.29, 0.717) is 10.6 Å². The van der Waals surface area contributed by atoms with Gasteiger partial charge in [0.1, 0.15) is 9.88 Å². The standard InChI is InChI=1S/C14H16N2O4S2/c1-9-3-5-11(6-4-9)8-22(19,20)16-10(2)13-15-7-12(21-13)14(17)18/h3-7,10,16H,8H2,1-2H3,(H,17,18). The molecule has 0 saturated heterocycles. The molecular weight excluding hydrogens is 324 g/mol. The van der Waals surface area contributed by atoms with Crippen LogP contribution in [0, 0.1) is 6.92 Å². The number of aromatic nitrogens is 1. The Balaban J connectivity index is 2.06. The summed E-state index contributed by atoms with van der Waals surface area (Å²) < 4.78 is 26.8. The van der Waals surface area contributed by atoms with Crippen LogP contribution in [0.4, 0.5) is 0 Å². The highest BCUT2D eigenvalue weighted by Gasteiger charge is 2.20. The van der Waals surface area contributed by atoms with Crippen molar-refractivity contribution in [1.29, 1.82) is 0 Å². The van der Waals surface area contributed by atoms with Gasteiger partial charge in [-0.3, -0.25) is 0 Å². The van der Waals surface area contributed by atoms with Gasteiger partial charge in [0.05, 0.1) is 18.0 Å². The Morgan fingerprint density at radius 1 is 1.36 bits per heavy atom. The molecule has 0 amide bonds. The average molecular weight is 340 g/mol. The summed E-state index contributed by atoms with van der Waals surface area (Å²) in [5.74, 6) is -1.20. The minimum Gasteiger partial charge on any atom is -0.477 e. The number of thiazole rings is 1. The van der Waals surface area contributed by atoms with Crippen LogP contribution in [-0.2, 0) is 15.8 Å². The van der Waals surface area contributed by atoms with Crippen LogP contribution in [0.15, 0.2) is 30.5 Å². The fourth-order valence-electron chi connectivity index (χ4n) is 1.85. The van der Waals surface area contributed by atoms with Crippen LogP contribution in [0.5, 0.6) is 0 Å². The van der Waals surface area contributed by atoms with E-state index in [0.717, 1.165) is 16.9 Å². The Morgan fingerprint density at radius 3 is 2.55 bits per heavy atom. The molecule has 0 spiro atoms. The molecule has 1 atom stereocenters. The van der Waals surface area contributed by atoms with E-state index in [9.17, 15) is 13.2 Å². The lowest BCUT2D eigenvalue weighted by Gasteiger charge is -2.12. The first-order valence-corrected chi connectivity index (χ1v) is 8.98. The van der Waals surface area contributed by atoms with Gasteiger partial charge < -0.3 is 5.11 Å². The predicted octanol–water partition coefficient (Wildman–Crippen LogP) is 2.33. The van der Waals surface area contributed by atoms with Gasteiger partial charge in [0, 0.05) is 0 Å². The number of carboxylic acids is 1. The van der Waals surface area contributed by atoms with Crippen molar-refractivity contribution >= 4 is 27.3 Å². The van der Waals surface area contributed by atoms with Crippen LogP contribution in [0.1, 0.15) is 38.8 Å². The summed E-state index contributed by atoms with van der Waals surface area (Å²) in [6.07, 6.45) is 1.23. The van der Waals surface area contributed by atoms with Crippen molar-refractivity contribution in [3.63, 3.8) is 0 Å². The summed E-state index contributed by atoms with van der Waals surface area (Å²) in [6, 6.07) is 6.67. The Bertz CT molecular complexity index is 766. The molecule has 2 N–H and O–H groups in total. The molecule has 1 aromatic heterocycles. The lowest BCUT2D eigenvalue weighted by molar-refractivity contribution is 0.0702. The molecule has 1 aromatic carbocycles. The monoisotopic (exact) mass is 340 g/mol. The van der Waals surface area contributed by atoms with Crippen molar-refractivity contribution in [2.45, 2.75) is 25.6 Å². The summed E-state index contributed by atoms with van der Waals surface area (Å²) in [5.41, 5.74) is 1.75. The van der Waals surface area contributed by atoms with E-state index < -0.39 is 22.0 Å². The molecule has 1 unspecified atom stereocenters. The zero-order valence-corrected chi connectivity index (χ0v) is 13.7. The van der Waals surface area contributed by atoms with Crippen molar-refractivity contribution in [3.05, 3.63) is 51.5 Å². The van der Waals surface area contributed by atoms with E-state index >= 15 is 0 Å². The second kappa shape index (κ2) is 6.55. The van der Waals surface area contributed by atoms with Gasteiger partial charge >= 0.3 is 5.97 Å². The highest BCUT2D eigenvalue weighted by atomic mass is 32.2. The fourth-order valence-corrected chi connectivity index (χ4v) is 4.05. The minimum atomic E-state index is -3.54. The quantitative estimate of drug-likeness (QED) is 0.841. The summed E-state index contributed by atoms with van der Waals surface area (Å²) >= 11 is 0.960. The molecule has 0 aliphatic carbocycles. The van der Waals surface area contributed by atoms with Gasteiger partial charge in [-0.1, -0.05) is 29.8 Å². The van der Waals surface area contributed by atoms with E-state index in [-0.39, 0.29) is 10.6 Å². The molecule has 2 aromatic rings. The molecule has 0 radical (unpaired) electrons. The Morgan fingerprint density at radius 2 is 2.00 bits per heavy atom. The van der Waals surface area contributed by atoms with Crippen molar-refractivity contribution in [2.75, 3.05) is 0 Å². The molecule has 22 heavy (non-hydrogen) atoms. The van der Waals surface area contributed by atoms with E-state index in [4.69, 9.17) is 5.11 Å². The Kier molecular flexibility index (Phi) is 4.94. The lowest BCUT2D eigenvalue weighted by atomic mass is 10.2. The number of nitrogens with one attached hydrogen (secondary N) is 1. The predicted molar refractivity (Wildman–Crippen MR) is 84.4 cm³/mol. The molecule has 1 heterocycles. The topological polar surface area (TPSA) is 96.4 Å². The molecule has 0 bridgehead atoms. The van der Waals surface area contributed by atoms with Crippen molar-refractivity contribution in [2.24, 2.45) is 0 Å². The summed E-state index contributed by atoms with van der Waals surface area (Å²) in [5, 5.41) is 9.28. The summed E-state index contributed by atoms with van der Waals surface area (Å²) in [7, 11) is -3.54. The minimum absolute atomic E-state index is 0.0829. The number of hydrogen-bond acceptors (Lipinski definition) is 5. The van der Waals surface area contributed by atoms with Gasteiger partial charge in [0.2, 0.25) is 10.0 Å². The third kappa shape index (κ3) is 4.36. The molecule has 118 valence electrons. The smallest absolute Gasteiger partial charge is 0.347 e. The molecule has 6 nitrogen and oxygen atoms in total. The number of nitrogens with zero attached hydrogens (tertiary/aromatic N) is 1. The van der Waals surface area contributed by atoms with Crippen LogP contribution in [0.2, 0.25) is 0 Å². The molecule has 0 aliphatic rings. The Hall–Kier alpha value is -1.77. The van der Waals surface area contributed by atoms with Crippen LogP contribution in [0.25, 0.3) is 0 Å². The lowest BCUT2D eigenvalue weighted by Crippen LogP contribution is -2.28. The van der Waals surface area contributed by atoms with E-state index in [1.165, 1.54) is 6.20 Å². The molecular formula is C14H16N2O4S2. The van der Waals surface area contributed by atoms with E-state index in [1.807, 2.05) is 19.1 Å². The maximum atomic E-state index is 12.2. The normalized spacial score (nSPS) is 13.0. The second-order valence-corrected chi connectivity index (χ2v) is 7.77. The zero-order chi connectivity index (χ0) is 16.3. The number of carboxylic acid groups (broad SMARTS) is 1. The molecule has 0 aliphatic heterocycles. The first-order valence-electron chi connectivity index (χ1n) is 6.51. The van der Waals surface area contributed by atoms with Gasteiger partial charge in [-0.05, 0) is 19.4 Å². The van der Waals surface area contributed by atoms with Gasteiger partial charge in [-0.15, -0.1) is 11.3 Å². The van der Waals surface area contributed by atoms with Crippen LogP contribution >= 0.6 is 11.3 Å². The SMILES string of the molecule is Cc1ccc(CS(=O)(=O)NC(C)c2ncc(C(=O)O)s2)cc1. The first kappa shape index (κ1) is 16.6. The van der Waals surface area contributed by atoms with Gasteiger partial charge in [-0.25, -0.2) is 22.9 Å². The molecule has 2 rings (SSSR count). The van der Waals surface area contributed by atoms with Crippen LogP contribution in [0.3, 0.4) is 0 Å². The summed E-state index contributed by atoms with van der Waals surface area (Å²) in [6.45, 7) is 3.57. The number of aromatic carboxylic acids is 1. The fraction of sp³-hybridized carbons (Fsp3) is 0.286. The number of hydrogen-bond donors (Lipinski definition) is 2. The number of sulfonamides is 1. The van der Waals surface area contributed by atoms with Crippen molar-refractivity contribution < 1.29 is 18.3 Å². The van der Waals surface area contributed by atoms with Crippen molar-refractivity contribution in [3.8, 4) is 0 Å². The third-order valence-electron chi connectivity index (χ3n) is 2.94. The maximum absolute atomic E-state index is 12.2. The highest BCUT2D eigenvalue weighted by molar-refractivity contribution is 7.88. The third-order valence-corrected chi connectivity index (χ3v) is 5.53. The van der Waals surface area contributed by atoms with Gasteiger partial charge in [0.25, 0.3) is 0 Å². The number of rotatable bonds is 6. The molecule has 0 fully saturated rings. The molecule has 8 heteroatoms. The second-order valence-electron chi connectivity index (χ2n) is 4.95. The highest BCUT2D eigenvalue weighted by Crippen LogP contribution is 2.21. The van der Waals surface area contributed by atoms with Gasteiger partial charge in [0.15, 0.2) is 0 Å². The van der Waals surface area contributed by atoms with Crippen LogP contribution < -0.4 is 4.72 Å². The largest absolute Gasteiger partial charge is 0.477 e. The number of aryl methyl sites for hydroxylation is 1. The van der Waals surface area contributed by atoms with Gasteiger partial charge in [-0.2, -0.15) is 0 Å². The van der Waals surface area contributed by atoms with Crippen molar-refractivity contribution in [1.82, 2.24) is 9.71 Å². The Labute approximate surface area is 132 Å². The average Bonchev–Trinajstić information content (AvgIpc) is 2.90. The zero-order valence-electron chi connectivity index (χ0n) is 12.1. The van der Waals surface area contributed by atoms with Crippen LogP contribution in [-0.4, -0.2) is 24.5 Å². The number of carbonyl (C=O) groups is 1. The number of benzene rings is 1. The molecule has 0 saturated carbocycles. The summed E-state index contributed by atoms with van der Waals surface area (Å²) in [4.78, 5) is 14.9.